The number of carbonyl (C=O) groups is 1. The molecule has 2 aromatic heterocycles. The van der Waals surface area contributed by atoms with Gasteiger partial charge in [-0.2, -0.15) is 10.1 Å². The van der Waals surface area contributed by atoms with Crippen LogP contribution in [0.15, 0.2) is 4.52 Å². The molecule has 0 spiro atoms. The fourth-order valence-corrected chi connectivity index (χ4v) is 3.97. The number of aromatic amines is 1. The third kappa shape index (κ3) is 3.59. The molecular weight excluding hydrogens is 332 g/mol. The summed E-state index contributed by atoms with van der Waals surface area (Å²) in [5.41, 5.74) is 3.46. The Morgan fingerprint density at radius 1 is 1.27 bits per heavy atom. The Hall–Kier alpha value is -2.38. The van der Waals surface area contributed by atoms with Gasteiger partial charge in [0.25, 0.3) is 0 Å². The van der Waals surface area contributed by atoms with Crippen molar-refractivity contribution in [2.75, 3.05) is 7.05 Å². The number of hydrogen-bond donors (Lipinski definition) is 2. The van der Waals surface area contributed by atoms with Gasteiger partial charge in [0.1, 0.15) is 0 Å². The van der Waals surface area contributed by atoms with E-state index in [0.717, 1.165) is 43.6 Å². The first-order valence-corrected chi connectivity index (χ1v) is 9.57. The number of fused-ring (bicyclic) bond motifs is 1. The van der Waals surface area contributed by atoms with E-state index in [1.165, 1.54) is 30.5 Å². The molecule has 2 heterocycles. The van der Waals surface area contributed by atoms with E-state index < -0.39 is 0 Å². The average molecular weight is 358 g/mol. The van der Waals surface area contributed by atoms with Crippen LogP contribution in [-0.4, -0.2) is 38.3 Å². The quantitative estimate of drug-likeness (QED) is 0.856. The van der Waals surface area contributed by atoms with Crippen molar-refractivity contribution in [1.29, 1.82) is 0 Å². The molecule has 8 nitrogen and oxygen atoms in total. The molecule has 0 radical (unpaired) electrons. The highest BCUT2D eigenvalue weighted by atomic mass is 16.5. The van der Waals surface area contributed by atoms with E-state index >= 15 is 0 Å². The molecule has 0 aromatic carbocycles. The molecule has 0 atom stereocenters. The smallest absolute Gasteiger partial charge is 0.317 e. The van der Waals surface area contributed by atoms with Crippen LogP contribution in [-0.2, 0) is 25.9 Å². The number of urea groups is 1. The molecule has 2 aliphatic rings. The van der Waals surface area contributed by atoms with Crippen LogP contribution in [0.4, 0.5) is 4.79 Å². The molecule has 2 N–H and O–H groups in total. The zero-order chi connectivity index (χ0) is 17.9. The Balaban J connectivity index is 1.28. The number of nitrogens with one attached hydrogen (secondary N) is 2. The number of rotatable bonds is 5. The maximum absolute atomic E-state index is 12.3. The Labute approximate surface area is 152 Å². The van der Waals surface area contributed by atoms with Crippen LogP contribution >= 0.6 is 0 Å². The lowest BCUT2D eigenvalue weighted by atomic mass is 9.89. The summed E-state index contributed by atoms with van der Waals surface area (Å²) < 4.78 is 5.30. The first-order valence-electron chi connectivity index (χ1n) is 9.57. The standard InChI is InChI=1S/C18H26N6O2/c1-24(11-15-13-8-5-9-14(13)21-22-15)18(25)19-10-16-20-17(23-26-16)12-6-3-2-4-7-12/h12H,2-11H2,1H3,(H,19,25)(H,21,22). The minimum atomic E-state index is -0.169. The SMILES string of the molecule is CN(Cc1n[nH]c2c1CCC2)C(=O)NCc1nc(C2CCCCC2)no1. The van der Waals surface area contributed by atoms with E-state index in [0.29, 0.717) is 18.4 Å². The monoisotopic (exact) mass is 358 g/mol. The van der Waals surface area contributed by atoms with Gasteiger partial charge in [-0.25, -0.2) is 4.79 Å². The van der Waals surface area contributed by atoms with E-state index in [2.05, 4.69) is 25.7 Å². The number of aromatic nitrogens is 4. The van der Waals surface area contributed by atoms with Crippen molar-refractivity contribution in [2.24, 2.45) is 0 Å². The van der Waals surface area contributed by atoms with Crippen LogP contribution < -0.4 is 5.32 Å². The summed E-state index contributed by atoms with van der Waals surface area (Å²) in [6.07, 6.45) is 9.27. The molecule has 0 saturated heterocycles. The van der Waals surface area contributed by atoms with Crippen molar-refractivity contribution in [3.8, 4) is 0 Å². The largest absolute Gasteiger partial charge is 0.337 e. The van der Waals surface area contributed by atoms with Crippen LogP contribution in [0, 0.1) is 0 Å². The highest BCUT2D eigenvalue weighted by molar-refractivity contribution is 5.73. The van der Waals surface area contributed by atoms with Crippen LogP contribution in [0.5, 0.6) is 0 Å². The average Bonchev–Trinajstić information content (AvgIpc) is 3.39. The number of nitrogens with zero attached hydrogens (tertiary/aromatic N) is 4. The lowest BCUT2D eigenvalue weighted by Crippen LogP contribution is -2.36. The van der Waals surface area contributed by atoms with Crippen LogP contribution in [0.3, 0.4) is 0 Å². The fraction of sp³-hybridized carbons (Fsp3) is 0.667. The summed E-state index contributed by atoms with van der Waals surface area (Å²) in [4.78, 5) is 18.4. The van der Waals surface area contributed by atoms with Gasteiger partial charge in [0.15, 0.2) is 5.82 Å². The van der Waals surface area contributed by atoms with Crippen LogP contribution in [0.1, 0.15) is 73.1 Å². The molecule has 0 bridgehead atoms. The molecule has 1 fully saturated rings. The maximum Gasteiger partial charge on any atom is 0.317 e. The second kappa shape index (κ2) is 7.47. The van der Waals surface area contributed by atoms with E-state index in [4.69, 9.17) is 4.52 Å². The molecule has 8 heteroatoms. The molecule has 140 valence electrons. The first kappa shape index (κ1) is 17.1. The summed E-state index contributed by atoms with van der Waals surface area (Å²) in [5.74, 6) is 1.66. The van der Waals surface area contributed by atoms with Crippen molar-refractivity contribution < 1.29 is 9.32 Å². The molecule has 26 heavy (non-hydrogen) atoms. The third-order valence-corrected chi connectivity index (χ3v) is 5.47. The van der Waals surface area contributed by atoms with Crippen LogP contribution in [0.25, 0.3) is 0 Å². The number of H-pyrrole nitrogens is 1. The lowest BCUT2D eigenvalue weighted by Gasteiger charge is -2.17. The van der Waals surface area contributed by atoms with Gasteiger partial charge in [-0.15, -0.1) is 0 Å². The molecule has 2 aliphatic carbocycles. The summed E-state index contributed by atoms with van der Waals surface area (Å²) >= 11 is 0. The zero-order valence-electron chi connectivity index (χ0n) is 15.3. The van der Waals surface area contributed by atoms with Crippen molar-refractivity contribution in [1.82, 2.24) is 30.6 Å². The van der Waals surface area contributed by atoms with Gasteiger partial charge in [0, 0.05) is 18.7 Å². The van der Waals surface area contributed by atoms with Crippen molar-refractivity contribution in [3.05, 3.63) is 28.7 Å². The third-order valence-electron chi connectivity index (χ3n) is 5.47. The van der Waals surface area contributed by atoms with E-state index in [-0.39, 0.29) is 12.6 Å². The van der Waals surface area contributed by atoms with Gasteiger partial charge in [0.2, 0.25) is 5.89 Å². The molecule has 2 aromatic rings. The maximum atomic E-state index is 12.3. The minimum Gasteiger partial charge on any atom is -0.337 e. The molecule has 0 aliphatic heterocycles. The van der Waals surface area contributed by atoms with Crippen LogP contribution in [0.2, 0.25) is 0 Å². The molecule has 0 unspecified atom stereocenters. The predicted octanol–water partition coefficient (Wildman–Crippen LogP) is 2.67. The number of amides is 2. The highest BCUT2D eigenvalue weighted by Crippen LogP contribution is 2.30. The van der Waals surface area contributed by atoms with Crippen molar-refractivity contribution >= 4 is 6.03 Å². The zero-order valence-corrected chi connectivity index (χ0v) is 15.3. The Kier molecular flexibility index (Phi) is 4.90. The van der Waals surface area contributed by atoms with Gasteiger partial charge in [-0.3, -0.25) is 5.10 Å². The lowest BCUT2D eigenvalue weighted by molar-refractivity contribution is 0.204. The van der Waals surface area contributed by atoms with Gasteiger partial charge < -0.3 is 14.7 Å². The van der Waals surface area contributed by atoms with Gasteiger partial charge in [-0.05, 0) is 37.7 Å². The minimum absolute atomic E-state index is 0.169. The Morgan fingerprint density at radius 3 is 2.96 bits per heavy atom. The fourth-order valence-electron chi connectivity index (χ4n) is 3.97. The topological polar surface area (TPSA) is 99.9 Å². The number of hydrogen-bond acceptors (Lipinski definition) is 5. The van der Waals surface area contributed by atoms with E-state index in [9.17, 15) is 4.79 Å². The molecular formula is C18H26N6O2. The number of aryl methyl sites for hydroxylation is 1. The molecule has 4 rings (SSSR count). The summed E-state index contributed by atoms with van der Waals surface area (Å²) in [6.45, 7) is 0.746. The second-order valence-electron chi connectivity index (χ2n) is 7.38. The second-order valence-corrected chi connectivity index (χ2v) is 7.38. The van der Waals surface area contributed by atoms with Gasteiger partial charge in [0.05, 0.1) is 18.8 Å². The molecule has 1 saturated carbocycles. The van der Waals surface area contributed by atoms with Crippen molar-refractivity contribution in [3.63, 3.8) is 0 Å². The van der Waals surface area contributed by atoms with Gasteiger partial charge >= 0.3 is 6.03 Å². The molecule has 2 amide bonds. The predicted molar refractivity (Wildman–Crippen MR) is 94.4 cm³/mol. The Morgan fingerprint density at radius 2 is 2.12 bits per heavy atom. The van der Waals surface area contributed by atoms with E-state index in [1.807, 2.05) is 0 Å². The Bertz CT molecular complexity index is 762. The van der Waals surface area contributed by atoms with E-state index in [1.54, 1.807) is 11.9 Å². The summed E-state index contributed by atoms with van der Waals surface area (Å²) in [7, 11) is 1.77. The summed E-state index contributed by atoms with van der Waals surface area (Å²) in [6, 6.07) is -0.169. The first-order chi connectivity index (χ1) is 12.7. The van der Waals surface area contributed by atoms with Gasteiger partial charge in [-0.1, -0.05) is 24.4 Å². The van der Waals surface area contributed by atoms with Crippen molar-refractivity contribution in [2.45, 2.75) is 70.4 Å². The highest BCUT2D eigenvalue weighted by Gasteiger charge is 2.22. The normalized spacial score (nSPS) is 17.3. The number of carbonyl (C=O) groups excluding carboxylic acids is 1. The summed E-state index contributed by atoms with van der Waals surface area (Å²) in [5, 5.41) is 14.4.